The maximum atomic E-state index is 13.9. The molecule has 0 aliphatic rings. The Hall–Kier alpha value is -1.45. The summed E-state index contributed by atoms with van der Waals surface area (Å²) in [5.41, 5.74) is 0.645. The number of aliphatic hydroxyl groups is 1. The van der Waals surface area contributed by atoms with Gasteiger partial charge in [-0.1, -0.05) is 35.9 Å². The molecule has 19 heavy (non-hydrogen) atoms. The number of hydrogen-bond acceptors (Lipinski definition) is 1. The third kappa shape index (κ3) is 2.94. The molecule has 2 rings (SSSR count). The van der Waals surface area contributed by atoms with Crippen molar-refractivity contribution in [2.45, 2.75) is 19.4 Å². The summed E-state index contributed by atoms with van der Waals surface area (Å²) in [6, 6.07) is 9.41. The smallest absolute Gasteiger partial charge is 0.134 e. The highest BCUT2D eigenvalue weighted by Gasteiger charge is 2.20. The molecule has 0 amide bonds. The molecular weight excluding hydrogens is 270 g/mol. The average molecular weight is 283 g/mol. The summed E-state index contributed by atoms with van der Waals surface area (Å²) in [4.78, 5) is 0. The van der Waals surface area contributed by atoms with Crippen LogP contribution in [0.2, 0.25) is 5.02 Å². The Morgan fingerprint density at radius 2 is 1.84 bits per heavy atom. The SMILES string of the molecule is Cc1ccc(F)c(C(O)Cc2ccccc2Cl)c1F. The molecule has 1 unspecified atom stereocenters. The molecular formula is C15H13ClF2O. The van der Waals surface area contributed by atoms with Gasteiger partial charge in [-0.05, 0) is 30.2 Å². The minimum Gasteiger partial charge on any atom is -0.388 e. The molecule has 1 atom stereocenters. The largest absolute Gasteiger partial charge is 0.388 e. The Balaban J connectivity index is 2.33. The molecule has 0 aromatic heterocycles. The zero-order valence-electron chi connectivity index (χ0n) is 10.3. The number of hydrogen-bond donors (Lipinski definition) is 1. The van der Waals surface area contributed by atoms with Crippen LogP contribution in [0.3, 0.4) is 0 Å². The van der Waals surface area contributed by atoms with Crippen molar-refractivity contribution in [3.05, 3.63) is 69.7 Å². The van der Waals surface area contributed by atoms with Gasteiger partial charge in [0.2, 0.25) is 0 Å². The highest BCUT2D eigenvalue weighted by Crippen LogP contribution is 2.28. The van der Waals surface area contributed by atoms with Crippen molar-refractivity contribution < 1.29 is 13.9 Å². The molecule has 0 radical (unpaired) electrons. The van der Waals surface area contributed by atoms with E-state index in [2.05, 4.69) is 0 Å². The van der Waals surface area contributed by atoms with Crippen LogP contribution in [0.15, 0.2) is 36.4 Å². The van der Waals surface area contributed by atoms with Crippen LogP contribution in [-0.2, 0) is 6.42 Å². The first kappa shape index (κ1) is 14.0. The maximum absolute atomic E-state index is 13.9. The van der Waals surface area contributed by atoms with Crippen LogP contribution in [0.4, 0.5) is 8.78 Å². The highest BCUT2D eigenvalue weighted by atomic mass is 35.5. The van der Waals surface area contributed by atoms with E-state index in [0.29, 0.717) is 16.1 Å². The van der Waals surface area contributed by atoms with Gasteiger partial charge >= 0.3 is 0 Å². The van der Waals surface area contributed by atoms with Gasteiger partial charge in [0.25, 0.3) is 0 Å². The number of rotatable bonds is 3. The predicted molar refractivity (Wildman–Crippen MR) is 71.2 cm³/mol. The second-order valence-corrected chi connectivity index (χ2v) is 4.81. The van der Waals surface area contributed by atoms with Gasteiger partial charge in [0.1, 0.15) is 11.6 Å². The van der Waals surface area contributed by atoms with Gasteiger partial charge in [-0.15, -0.1) is 0 Å². The molecule has 2 aromatic carbocycles. The van der Waals surface area contributed by atoms with Crippen molar-refractivity contribution in [2.75, 3.05) is 0 Å². The van der Waals surface area contributed by atoms with Crippen LogP contribution < -0.4 is 0 Å². The lowest BCUT2D eigenvalue weighted by atomic mass is 9.98. The van der Waals surface area contributed by atoms with E-state index in [1.807, 2.05) is 0 Å². The molecule has 0 saturated carbocycles. The quantitative estimate of drug-likeness (QED) is 0.894. The standard InChI is InChI=1S/C15H13ClF2O/c1-9-6-7-12(17)14(15(9)18)13(19)8-10-4-2-3-5-11(10)16/h2-7,13,19H,8H2,1H3. The van der Waals surface area contributed by atoms with Gasteiger partial charge in [-0.25, -0.2) is 8.78 Å². The summed E-state index contributed by atoms with van der Waals surface area (Å²) in [6.45, 7) is 1.53. The minimum atomic E-state index is -1.26. The Kier molecular flexibility index (Phi) is 4.17. The summed E-state index contributed by atoms with van der Waals surface area (Å²) < 4.78 is 27.5. The normalized spacial score (nSPS) is 12.5. The van der Waals surface area contributed by atoms with Crippen LogP contribution in [0.1, 0.15) is 22.8 Å². The Morgan fingerprint density at radius 1 is 1.16 bits per heavy atom. The van der Waals surface area contributed by atoms with E-state index >= 15 is 0 Å². The fourth-order valence-electron chi connectivity index (χ4n) is 1.96. The van der Waals surface area contributed by atoms with Crippen molar-refractivity contribution in [1.82, 2.24) is 0 Å². The second-order valence-electron chi connectivity index (χ2n) is 4.40. The molecule has 100 valence electrons. The van der Waals surface area contributed by atoms with Gasteiger partial charge < -0.3 is 5.11 Å². The molecule has 2 aromatic rings. The van der Waals surface area contributed by atoms with Crippen molar-refractivity contribution in [1.29, 1.82) is 0 Å². The predicted octanol–water partition coefficient (Wildman–Crippen LogP) is 4.20. The van der Waals surface area contributed by atoms with Crippen LogP contribution in [0, 0.1) is 18.6 Å². The van der Waals surface area contributed by atoms with E-state index in [0.717, 1.165) is 6.07 Å². The fraction of sp³-hybridized carbons (Fsp3) is 0.200. The molecule has 0 aliphatic carbocycles. The van der Waals surface area contributed by atoms with E-state index in [1.54, 1.807) is 24.3 Å². The first-order valence-corrected chi connectivity index (χ1v) is 6.24. The van der Waals surface area contributed by atoms with Crippen LogP contribution in [0.5, 0.6) is 0 Å². The third-order valence-corrected chi connectivity index (χ3v) is 3.39. The number of benzene rings is 2. The first-order valence-electron chi connectivity index (χ1n) is 5.86. The van der Waals surface area contributed by atoms with Gasteiger partial charge in [-0.2, -0.15) is 0 Å². The van der Waals surface area contributed by atoms with Crippen LogP contribution >= 0.6 is 11.6 Å². The van der Waals surface area contributed by atoms with E-state index in [4.69, 9.17) is 11.6 Å². The summed E-state index contributed by atoms with van der Waals surface area (Å²) in [5, 5.41) is 10.5. The van der Waals surface area contributed by atoms with Crippen LogP contribution in [-0.4, -0.2) is 5.11 Å². The van der Waals surface area contributed by atoms with Gasteiger partial charge in [0, 0.05) is 11.4 Å². The lowest BCUT2D eigenvalue weighted by Crippen LogP contribution is -2.08. The number of aliphatic hydroxyl groups excluding tert-OH is 1. The molecule has 1 nitrogen and oxygen atoms in total. The summed E-state index contributed by atoms with van der Waals surface area (Å²) in [7, 11) is 0. The minimum absolute atomic E-state index is 0.0664. The van der Waals surface area contributed by atoms with E-state index < -0.39 is 17.7 Å². The molecule has 0 saturated heterocycles. The monoisotopic (exact) mass is 282 g/mol. The van der Waals surface area contributed by atoms with E-state index in [9.17, 15) is 13.9 Å². The molecule has 0 spiro atoms. The van der Waals surface area contributed by atoms with E-state index in [1.165, 1.54) is 13.0 Å². The molecule has 4 heteroatoms. The van der Waals surface area contributed by atoms with E-state index in [-0.39, 0.29) is 12.0 Å². The molecule has 0 bridgehead atoms. The lowest BCUT2D eigenvalue weighted by molar-refractivity contribution is 0.168. The zero-order chi connectivity index (χ0) is 14.0. The number of halogens is 3. The molecule has 0 aliphatic heterocycles. The fourth-order valence-corrected chi connectivity index (χ4v) is 2.17. The Bertz CT molecular complexity index is 599. The Morgan fingerprint density at radius 3 is 2.53 bits per heavy atom. The molecule has 0 heterocycles. The molecule has 0 fully saturated rings. The van der Waals surface area contributed by atoms with Gasteiger partial charge in [0.05, 0.1) is 11.7 Å². The lowest BCUT2D eigenvalue weighted by Gasteiger charge is -2.15. The summed E-state index contributed by atoms with van der Waals surface area (Å²) >= 11 is 5.97. The third-order valence-electron chi connectivity index (χ3n) is 3.02. The highest BCUT2D eigenvalue weighted by molar-refractivity contribution is 6.31. The van der Waals surface area contributed by atoms with Crippen molar-refractivity contribution in [3.8, 4) is 0 Å². The van der Waals surface area contributed by atoms with Gasteiger partial charge in [0.15, 0.2) is 0 Å². The number of aryl methyl sites for hydroxylation is 1. The van der Waals surface area contributed by atoms with Gasteiger partial charge in [-0.3, -0.25) is 0 Å². The maximum Gasteiger partial charge on any atom is 0.134 e. The molecule has 1 N–H and O–H groups in total. The first-order chi connectivity index (χ1) is 9.00. The van der Waals surface area contributed by atoms with Crippen molar-refractivity contribution in [2.24, 2.45) is 0 Å². The zero-order valence-corrected chi connectivity index (χ0v) is 11.1. The second kappa shape index (κ2) is 5.68. The van der Waals surface area contributed by atoms with Crippen molar-refractivity contribution >= 4 is 11.6 Å². The summed E-state index contributed by atoms with van der Waals surface area (Å²) in [5.74, 6) is -1.46. The Labute approximate surface area is 115 Å². The summed E-state index contributed by atoms with van der Waals surface area (Å²) in [6.07, 6.45) is -1.20. The van der Waals surface area contributed by atoms with Crippen LogP contribution in [0.25, 0.3) is 0 Å². The topological polar surface area (TPSA) is 20.2 Å². The van der Waals surface area contributed by atoms with Crippen molar-refractivity contribution in [3.63, 3.8) is 0 Å². The average Bonchev–Trinajstić information content (AvgIpc) is 2.37.